The van der Waals surface area contributed by atoms with Crippen LogP contribution >= 0.6 is 0 Å². The predicted octanol–water partition coefficient (Wildman–Crippen LogP) is 2.53. The minimum atomic E-state index is -0.891. The highest BCUT2D eigenvalue weighted by Gasteiger charge is 2.25. The topological polar surface area (TPSA) is 73.2 Å². The van der Waals surface area contributed by atoms with E-state index in [9.17, 15) is 9.59 Å². The van der Waals surface area contributed by atoms with Gasteiger partial charge in [0.15, 0.2) is 6.04 Å². The molecule has 0 aliphatic rings. The zero-order valence-corrected chi connectivity index (χ0v) is 14.3. The van der Waals surface area contributed by atoms with Crippen molar-refractivity contribution in [2.24, 2.45) is 7.05 Å². The second kappa shape index (κ2) is 6.76. The standard InChI is InChI=1S/C19H19N3O3/c1-12-10-16(22(2)21-12)18(23)20-17(19(24)25-3)15-9-8-13-6-4-5-7-14(13)11-15/h4-11,17H,1-3H3,(H,20,23). The van der Waals surface area contributed by atoms with Crippen LogP contribution < -0.4 is 5.32 Å². The van der Waals surface area contributed by atoms with Crippen LogP contribution in [0.15, 0.2) is 48.5 Å². The second-order valence-corrected chi connectivity index (χ2v) is 5.83. The molecule has 1 amide bonds. The molecule has 3 aromatic rings. The van der Waals surface area contributed by atoms with E-state index >= 15 is 0 Å². The Bertz CT molecular complexity index is 946. The van der Waals surface area contributed by atoms with Gasteiger partial charge in [-0.05, 0) is 35.4 Å². The monoisotopic (exact) mass is 337 g/mol. The lowest BCUT2D eigenvalue weighted by atomic mass is 10.0. The number of nitrogens with one attached hydrogen (secondary N) is 1. The molecule has 0 radical (unpaired) electrons. The maximum absolute atomic E-state index is 12.6. The lowest BCUT2D eigenvalue weighted by Crippen LogP contribution is -2.35. The lowest BCUT2D eigenvalue weighted by Gasteiger charge is -2.17. The van der Waals surface area contributed by atoms with Crippen LogP contribution in [-0.4, -0.2) is 28.8 Å². The Balaban J connectivity index is 1.95. The van der Waals surface area contributed by atoms with Crippen LogP contribution in [0.3, 0.4) is 0 Å². The molecular formula is C19H19N3O3. The molecule has 1 unspecified atom stereocenters. The van der Waals surface area contributed by atoms with Crippen LogP contribution in [0.4, 0.5) is 0 Å². The number of methoxy groups -OCH3 is 1. The van der Waals surface area contributed by atoms with Gasteiger partial charge in [0, 0.05) is 7.05 Å². The van der Waals surface area contributed by atoms with Gasteiger partial charge in [0.2, 0.25) is 0 Å². The molecule has 0 aliphatic carbocycles. The largest absolute Gasteiger partial charge is 0.467 e. The van der Waals surface area contributed by atoms with Crippen LogP contribution in [0.25, 0.3) is 10.8 Å². The summed E-state index contributed by atoms with van der Waals surface area (Å²) in [6, 6.07) is 14.2. The van der Waals surface area contributed by atoms with E-state index in [1.807, 2.05) is 42.5 Å². The highest BCUT2D eigenvalue weighted by molar-refractivity contribution is 5.96. The number of ether oxygens (including phenoxy) is 1. The van der Waals surface area contributed by atoms with Gasteiger partial charge in [0.25, 0.3) is 5.91 Å². The number of hydrogen-bond acceptors (Lipinski definition) is 4. The Morgan fingerprint density at radius 3 is 2.48 bits per heavy atom. The third kappa shape index (κ3) is 3.38. The number of carbonyl (C=O) groups is 2. The number of amides is 1. The Hall–Kier alpha value is -3.15. The Morgan fingerprint density at radius 2 is 1.84 bits per heavy atom. The van der Waals surface area contributed by atoms with Gasteiger partial charge in [-0.2, -0.15) is 5.10 Å². The van der Waals surface area contributed by atoms with Crippen molar-refractivity contribution in [1.29, 1.82) is 0 Å². The lowest BCUT2D eigenvalue weighted by molar-refractivity contribution is -0.143. The predicted molar refractivity (Wildman–Crippen MR) is 94.1 cm³/mol. The average molecular weight is 337 g/mol. The zero-order chi connectivity index (χ0) is 18.0. The first kappa shape index (κ1) is 16.7. The van der Waals surface area contributed by atoms with Gasteiger partial charge in [-0.1, -0.05) is 36.4 Å². The molecule has 3 rings (SSSR count). The van der Waals surface area contributed by atoms with Crippen molar-refractivity contribution < 1.29 is 14.3 Å². The van der Waals surface area contributed by atoms with E-state index in [1.54, 1.807) is 20.0 Å². The summed E-state index contributed by atoms with van der Waals surface area (Å²) in [7, 11) is 2.99. The minimum Gasteiger partial charge on any atom is -0.467 e. The Kier molecular flexibility index (Phi) is 4.52. The van der Waals surface area contributed by atoms with Crippen molar-refractivity contribution in [3.63, 3.8) is 0 Å². The molecule has 6 nitrogen and oxygen atoms in total. The molecule has 1 N–H and O–H groups in total. The summed E-state index contributed by atoms with van der Waals surface area (Å²) < 4.78 is 6.36. The smallest absolute Gasteiger partial charge is 0.333 e. The van der Waals surface area contributed by atoms with Gasteiger partial charge in [0.1, 0.15) is 5.69 Å². The normalized spacial score (nSPS) is 12.0. The third-order valence-electron chi connectivity index (χ3n) is 4.05. The molecule has 1 aromatic heterocycles. The van der Waals surface area contributed by atoms with E-state index in [0.29, 0.717) is 11.3 Å². The SMILES string of the molecule is COC(=O)C(NC(=O)c1cc(C)nn1C)c1ccc2ccccc2c1. The number of benzene rings is 2. The molecule has 1 heterocycles. The summed E-state index contributed by atoms with van der Waals surface area (Å²) in [4.78, 5) is 24.8. The van der Waals surface area contributed by atoms with Crippen LogP contribution in [0.1, 0.15) is 27.8 Å². The molecule has 6 heteroatoms. The van der Waals surface area contributed by atoms with Crippen LogP contribution in [-0.2, 0) is 16.6 Å². The number of esters is 1. The van der Waals surface area contributed by atoms with Crippen molar-refractivity contribution in [3.05, 3.63) is 65.5 Å². The van der Waals surface area contributed by atoms with E-state index in [1.165, 1.54) is 11.8 Å². The number of aromatic nitrogens is 2. The van der Waals surface area contributed by atoms with Gasteiger partial charge >= 0.3 is 5.97 Å². The third-order valence-corrected chi connectivity index (χ3v) is 4.05. The van der Waals surface area contributed by atoms with Crippen molar-refractivity contribution >= 4 is 22.6 Å². The molecular weight excluding hydrogens is 318 g/mol. The molecule has 25 heavy (non-hydrogen) atoms. The van der Waals surface area contributed by atoms with Crippen molar-refractivity contribution in [2.45, 2.75) is 13.0 Å². The molecule has 0 saturated heterocycles. The van der Waals surface area contributed by atoms with Crippen molar-refractivity contribution in [1.82, 2.24) is 15.1 Å². The molecule has 2 aromatic carbocycles. The average Bonchev–Trinajstić information content (AvgIpc) is 2.96. The maximum Gasteiger partial charge on any atom is 0.333 e. The molecule has 0 spiro atoms. The fourth-order valence-corrected chi connectivity index (χ4v) is 2.81. The second-order valence-electron chi connectivity index (χ2n) is 5.83. The highest BCUT2D eigenvalue weighted by Crippen LogP contribution is 2.22. The number of rotatable bonds is 4. The van der Waals surface area contributed by atoms with E-state index in [0.717, 1.165) is 16.5 Å². The zero-order valence-electron chi connectivity index (χ0n) is 14.3. The van der Waals surface area contributed by atoms with Gasteiger partial charge in [-0.25, -0.2) is 4.79 Å². The molecule has 0 aliphatic heterocycles. The van der Waals surface area contributed by atoms with Crippen LogP contribution in [0.5, 0.6) is 0 Å². The fraction of sp³-hybridized carbons (Fsp3) is 0.211. The summed E-state index contributed by atoms with van der Waals surface area (Å²) in [5, 5.41) is 8.95. The Labute approximate surface area is 145 Å². The van der Waals surface area contributed by atoms with Crippen molar-refractivity contribution in [2.75, 3.05) is 7.11 Å². The van der Waals surface area contributed by atoms with Gasteiger partial charge in [0.05, 0.1) is 12.8 Å². The van der Waals surface area contributed by atoms with Crippen LogP contribution in [0, 0.1) is 6.92 Å². The first-order chi connectivity index (χ1) is 12.0. The maximum atomic E-state index is 12.6. The summed E-state index contributed by atoms with van der Waals surface area (Å²) >= 11 is 0. The number of nitrogens with zero attached hydrogens (tertiary/aromatic N) is 2. The first-order valence-corrected chi connectivity index (χ1v) is 7.87. The summed E-state index contributed by atoms with van der Waals surface area (Å²) in [6.45, 7) is 1.80. The van der Waals surface area contributed by atoms with E-state index < -0.39 is 12.0 Å². The summed E-state index contributed by atoms with van der Waals surface area (Å²) in [6.07, 6.45) is 0. The molecule has 128 valence electrons. The summed E-state index contributed by atoms with van der Waals surface area (Å²) in [5.41, 5.74) is 1.78. The van der Waals surface area contributed by atoms with E-state index in [-0.39, 0.29) is 5.91 Å². The van der Waals surface area contributed by atoms with Gasteiger partial charge in [-0.3, -0.25) is 9.48 Å². The first-order valence-electron chi connectivity index (χ1n) is 7.87. The van der Waals surface area contributed by atoms with Gasteiger partial charge in [-0.15, -0.1) is 0 Å². The summed E-state index contributed by atoms with van der Waals surface area (Å²) in [5.74, 6) is -0.908. The Morgan fingerprint density at radius 1 is 1.12 bits per heavy atom. The van der Waals surface area contributed by atoms with Crippen molar-refractivity contribution in [3.8, 4) is 0 Å². The molecule has 0 fully saturated rings. The van der Waals surface area contributed by atoms with Gasteiger partial charge < -0.3 is 10.1 Å². The highest BCUT2D eigenvalue weighted by atomic mass is 16.5. The number of fused-ring (bicyclic) bond motifs is 1. The molecule has 0 bridgehead atoms. The van der Waals surface area contributed by atoms with E-state index in [4.69, 9.17) is 4.74 Å². The fourth-order valence-electron chi connectivity index (χ4n) is 2.81. The van der Waals surface area contributed by atoms with Crippen LogP contribution in [0.2, 0.25) is 0 Å². The molecule has 0 saturated carbocycles. The minimum absolute atomic E-state index is 0.382. The quantitative estimate of drug-likeness (QED) is 0.743. The molecule has 1 atom stereocenters. The number of hydrogen-bond donors (Lipinski definition) is 1. The van der Waals surface area contributed by atoms with E-state index in [2.05, 4.69) is 10.4 Å². The number of aryl methyl sites for hydroxylation is 2. The number of carbonyl (C=O) groups excluding carboxylic acids is 2.